The van der Waals surface area contributed by atoms with E-state index < -0.39 is 28.0 Å². The molecule has 0 amide bonds. The number of nitrogens with zero attached hydrogens (tertiary/aromatic N) is 2. The van der Waals surface area contributed by atoms with Crippen LogP contribution in [0.4, 0.5) is 23.2 Å². The van der Waals surface area contributed by atoms with Crippen molar-refractivity contribution >= 4 is 21.7 Å². The molecule has 2 saturated carbocycles. The van der Waals surface area contributed by atoms with Crippen molar-refractivity contribution in [1.82, 2.24) is 9.62 Å². The zero-order valence-electron chi connectivity index (χ0n) is 22.4. The van der Waals surface area contributed by atoms with Crippen LogP contribution < -0.4 is 9.62 Å². The lowest BCUT2D eigenvalue weighted by atomic mass is 9.67. The summed E-state index contributed by atoms with van der Waals surface area (Å²) in [5, 5.41) is 17.1. The SMILES string of the molecule is CN(C)CC1(CNS(=O)(=O)c2ccc(N3CC4CCCC(CO)(C4)C3)c(F)c2)CCCC1.O=C(O)C(F)(F)F. The number of sulfonamides is 1. The average molecular weight is 582 g/mol. The molecule has 222 valence electrons. The van der Waals surface area contributed by atoms with Crippen molar-refractivity contribution in [3.8, 4) is 0 Å². The Kier molecular flexibility index (Phi) is 9.94. The molecule has 3 fully saturated rings. The molecule has 0 spiro atoms. The van der Waals surface area contributed by atoms with Gasteiger partial charge in [0.1, 0.15) is 5.82 Å². The molecule has 1 aromatic carbocycles. The average Bonchev–Trinajstić information content (AvgIpc) is 3.30. The van der Waals surface area contributed by atoms with Crippen LogP contribution in [0.25, 0.3) is 0 Å². The summed E-state index contributed by atoms with van der Waals surface area (Å²) in [6.07, 6.45) is 3.32. The molecule has 8 nitrogen and oxygen atoms in total. The van der Waals surface area contributed by atoms with E-state index in [4.69, 9.17) is 9.90 Å². The second kappa shape index (κ2) is 12.3. The lowest BCUT2D eigenvalue weighted by Gasteiger charge is -2.49. The number of halogens is 4. The van der Waals surface area contributed by atoms with E-state index >= 15 is 4.39 Å². The minimum Gasteiger partial charge on any atom is -0.475 e. The monoisotopic (exact) mass is 581 g/mol. The molecule has 1 saturated heterocycles. The standard InChI is InChI=1S/C24H38FN3O3S.C2HF3O2/c1-27(2)16-23(9-3-4-10-23)15-26-32(30,31)20-7-8-22(21(25)12-20)28-14-19-6-5-11-24(13-19,17-28)18-29;3-2(4,5)1(6)7/h7-8,12,19,26,29H,3-6,9-11,13-18H2,1-2H3;(H,6,7). The van der Waals surface area contributed by atoms with Crippen LogP contribution in [0.3, 0.4) is 0 Å². The normalized spacial score (nSPS) is 24.8. The van der Waals surface area contributed by atoms with E-state index in [0.717, 1.165) is 70.5 Å². The summed E-state index contributed by atoms with van der Waals surface area (Å²) in [4.78, 5) is 13.0. The van der Waals surface area contributed by atoms with Crippen molar-refractivity contribution in [2.75, 3.05) is 51.8 Å². The number of carboxylic acid groups (broad SMARTS) is 1. The van der Waals surface area contributed by atoms with Gasteiger partial charge >= 0.3 is 12.1 Å². The van der Waals surface area contributed by atoms with Crippen molar-refractivity contribution < 1.29 is 41.0 Å². The number of aliphatic hydroxyl groups is 1. The maximum atomic E-state index is 15.2. The molecule has 3 aliphatic rings. The Morgan fingerprint density at radius 2 is 1.82 bits per heavy atom. The van der Waals surface area contributed by atoms with Gasteiger partial charge in [-0.05, 0) is 75.7 Å². The lowest BCUT2D eigenvalue weighted by molar-refractivity contribution is -0.192. The summed E-state index contributed by atoms with van der Waals surface area (Å²) in [5.41, 5.74) is 0.217. The summed E-state index contributed by atoms with van der Waals surface area (Å²) in [6.45, 7) is 2.71. The van der Waals surface area contributed by atoms with Gasteiger partial charge in [0, 0.05) is 31.6 Å². The fourth-order valence-corrected chi connectivity index (χ4v) is 7.64. The zero-order chi connectivity index (χ0) is 29.1. The highest BCUT2D eigenvalue weighted by Gasteiger charge is 2.43. The van der Waals surface area contributed by atoms with E-state index in [1.807, 2.05) is 19.0 Å². The number of nitrogens with one attached hydrogen (secondary N) is 1. The number of alkyl halides is 3. The maximum absolute atomic E-state index is 15.2. The number of piperidine rings is 1. The van der Waals surface area contributed by atoms with Gasteiger partial charge in [0.25, 0.3) is 0 Å². The molecule has 13 heteroatoms. The fourth-order valence-electron chi connectivity index (χ4n) is 6.47. The third-order valence-electron chi connectivity index (χ3n) is 8.15. The fraction of sp³-hybridized carbons (Fsp3) is 0.731. The molecule has 0 aromatic heterocycles. The van der Waals surface area contributed by atoms with Crippen molar-refractivity contribution in [3.63, 3.8) is 0 Å². The Morgan fingerprint density at radius 1 is 1.18 bits per heavy atom. The van der Waals surface area contributed by atoms with Crippen molar-refractivity contribution in [2.24, 2.45) is 16.7 Å². The van der Waals surface area contributed by atoms with Crippen molar-refractivity contribution in [2.45, 2.75) is 62.4 Å². The summed E-state index contributed by atoms with van der Waals surface area (Å²) >= 11 is 0. The molecule has 0 radical (unpaired) electrons. The van der Waals surface area contributed by atoms with E-state index in [2.05, 4.69) is 9.62 Å². The van der Waals surface area contributed by atoms with E-state index in [1.165, 1.54) is 6.07 Å². The zero-order valence-corrected chi connectivity index (χ0v) is 23.3. The van der Waals surface area contributed by atoms with Crippen LogP contribution in [0, 0.1) is 22.6 Å². The highest BCUT2D eigenvalue weighted by molar-refractivity contribution is 7.89. The highest BCUT2D eigenvalue weighted by atomic mass is 32.2. The van der Waals surface area contributed by atoms with Crippen LogP contribution >= 0.6 is 0 Å². The first-order chi connectivity index (χ1) is 18.1. The number of aliphatic carboxylic acids is 1. The summed E-state index contributed by atoms with van der Waals surface area (Å²) in [6, 6.07) is 4.27. The third kappa shape index (κ3) is 8.05. The van der Waals surface area contributed by atoms with Gasteiger partial charge in [-0.2, -0.15) is 13.2 Å². The van der Waals surface area contributed by atoms with Gasteiger partial charge in [-0.25, -0.2) is 22.3 Å². The van der Waals surface area contributed by atoms with Crippen LogP contribution in [0.1, 0.15) is 51.4 Å². The molecule has 2 atom stereocenters. The number of fused-ring (bicyclic) bond motifs is 2. The van der Waals surface area contributed by atoms with Gasteiger partial charge in [0.2, 0.25) is 10.0 Å². The Bertz CT molecular complexity index is 1110. The molecule has 2 aliphatic carbocycles. The number of aliphatic hydroxyl groups excluding tert-OH is 1. The van der Waals surface area contributed by atoms with Crippen LogP contribution in [-0.2, 0) is 14.8 Å². The molecule has 1 aromatic rings. The van der Waals surface area contributed by atoms with Crippen molar-refractivity contribution in [3.05, 3.63) is 24.0 Å². The highest BCUT2D eigenvalue weighted by Crippen LogP contribution is 2.45. The van der Waals surface area contributed by atoms with E-state index in [-0.39, 0.29) is 22.3 Å². The summed E-state index contributed by atoms with van der Waals surface area (Å²) in [7, 11) is 0.234. The van der Waals surface area contributed by atoms with Gasteiger partial charge in [-0.1, -0.05) is 19.3 Å². The van der Waals surface area contributed by atoms with Crippen molar-refractivity contribution in [1.29, 1.82) is 0 Å². The molecule has 3 N–H and O–H groups in total. The maximum Gasteiger partial charge on any atom is 0.490 e. The molecule has 39 heavy (non-hydrogen) atoms. The minimum absolute atomic E-state index is 0.0224. The van der Waals surface area contributed by atoms with E-state index in [1.54, 1.807) is 6.07 Å². The van der Waals surface area contributed by atoms with Gasteiger partial charge in [0.15, 0.2) is 0 Å². The predicted octanol–water partition coefficient (Wildman–Crippen LogP) is 3.85. The molecule has 2 unspecified atom stereocenters. The van der Waals surface area contributed by atoms with Crippen LogP contribution in [0.5, 0.6) is 0 Å². The third-order valence-corrected chi connectivity index (χ3v) is 9.55. The van der Waals surface area contributed by atoms with Crippen LogP contribution in [0.2, 0.25) is 0 Å². The summed E-state index contributed by atoms with van der Waals surface area (Å²) < 4.78 is 75.6. The first-order valence-corrected chi connectivity index (χ1v) is 14.7. The van der Waals surface area contributed by atoms with Gasteiger partial charge < -0.3 is 20.0 Å². The van der Waals surface area contributed by atoms with Gasteiger partial charge in [0.05, 0.1) is 17.2 Å². The Hall–Kier alpha value is -1.96. The number of hydrogen-bond donors (Lipinski definition) is 3. The second-order valence-corrected chi connectivity index (χ2v) is 13.5. The van der Waals surface area contributed by atoms with Crippen LogP contribution in [0.15, 0.2) is 23.1 Å². The first kappa shape index (κ1) is 31.6. The molecule has 4 rings (SSSR count). The molecule has 1 heterocycles. The number of carbonyl (C=O) groups is 1. The number of anilines is 1. The number of carboxylic acids is 1. The number of benzene rings is 1. The topological polar surface area (TPSA) is 110 Å². The Balaban J connectivity index is 0.000000532. The quantitative estimate of drug-likeness (QED) is 0.400. The second-order valence-electron chi connectivity index (χ2n) is 11.7. The largest absolute Gasteiger partial charge is 0.490 e. The van der Waals surface area contributed by atoms with Crippen LogP contribution in [-0.4, -0.2) is 82.6 Å². The molecule has 1 aliphatic heterocycles. The Morgan fingerprint density at radius 3 is 2.36 bits per heavy atom. The Labute approximate surface area is 227 Å². The molecular weight excluding hydrogens is 542 g/mol. The lowest BCUT2D eigenvalue weighted by Crippen LogP contribution is -2.51. The molecule has 2 bridgehead atoms. The smallest absolute Gasteiger partial charge is 0.475 e. The number of rotatable bonds is 8. The van der Waals surface area contributed by atoms with E-state index in [9.17, 15) is 26.7 Å². The van der Waals surface area contributed by atoms with Gasteiger partial charge in [-0.3, -0.25) is 0 Å². The predicted molar refractivity (Wildman–Crippen MR) is 138 cm³/mol. The van der Waals surface area contributed by atoms with Gasteiger partial charge in [-0.15, -0.1) is 0 Å². The summed E-state index contributed by atoms with van der Waals surface area (Å²) in [5.74, 6) is -2.81. The minimum atomic E-state index is -5.08. The number of hydrogen-bond acceptors (Lipinski definition) is 6. The van der Waals surface area contributed by atoms with E-state index in [0.29, 0.717) is 24.7 Å². The first-order valence-electron chi connectivity index (χ1n) is 13.2. The molecular formula is C26H39F4N3O5S.